The minimum atomic E-state index is -0.301. The van der Waals surface area contributed by atoms with Gasteiger partial charge in [0.05, 0.1) is 0 Å². The summed E-state index contributed by atoms with van der Waals surface area (Å²) in [6.45, 7) is 3.42. The topological polar surface area (TPSA) is 59.8 Å². The van der Waals surface area contributed by atoms with Gasteiger partial charge < -0.3 is 5.32 Å². The molecule has 1 N–H and O–H groups in total. The van der Waals surface area contributed by atoms with E-state index in [9.17, 15) is 4.79 Å². The van der Waals surface area contributed by atoms with Crippen LogP contribution >= 0.6 is 11.6 Å². The predicted octanol–water partition coefficient (Wildman–Crippen LogP) is 2.81. The standard InChI is InChI=1S/C14H13ClN4O/c1-8-12(9(2)20)13(10-4-3-5-11(15)6-10)19-14(18-8)16-7-17-19/h3-7,13H,1-2H3,(H,16,17,18). The molecular weight excluding hydrogens is 276 g/mol. The van der Waals surface area contributed by atoms with E-state index in [-0.39, 0.29) is 11.8 Å². The molecule has 0 saturated heterocycles. The predicted molar refractivity (Wildman–Crippen MR) is 76.6 cm³/mol. The number of anilines is 1. The number of halogens is 1. The zero-order valence-corrected chi connectivity index (χ0v) is 11.8. The summed E-state index contributed by atoms with van der Waals surface area (Å²) >= 11 is 6.07. The lowest BCUT2D eigenvalue weighted by molar-refractivity contribution is -0.114. The molecule has 1 atom stereocenters. The highest BCUT2D eigenvalue weighted by Crippen LogP contribution is 2.35. The molecule has 1 aromatic carbocycles. The highest BCUT2D eigenvalue weighted by atomic mass is 35.5. The fraction of sp³-hybridized carbons (Fsp3) is 0.214. The van der Waals surface area contributed by atoms with Crippen molar-refractivity contribution in [2.75, 3.05) is 5.32 Å². The fourth-order valence-electron chi connectivity index (χ4n) is 2.53. The number of allylic oxidation sites excluding steroid dienone is 2. The minimum Gasteiger partial charge on any atom is -0.328 e. The maximum atomic E-state index is 12.0. The molecule has 0 aliphatic carbocycles. The lowest BCUT2D eigenvalue weighted by Crippen LogP contribution is -2.27. The molecule has 102 valence electrons. The summed E-state index contributed by atoms with van der Waals surface area (Å²) in [4.78, 5) is 16.2. The molecule has 0 spiro atoms. The Kier molecular flexibility index (Phi) is 3.06. The van der Waals surface area contributed by atoms with Gasteiger partial charge >= 0.3 is 0 Å². The van der Waals surface area contributed by atoms with Gasteiger partial charge in [-0.05, 0) is 31.5 Å². The Labute approximate surface area is 121 Å². The zero-order valence-electron chi connectivity index (χ0n) is 11.1. The van der Waals surface area contributed by atoms with Gasteiger partial charge in [0.2, 0.25) is 5.95 Å². The summed E-state index contributed by atoms with van der Waals surface area (Å²) in [7, 11) is 0. The Hall–Kier alpha value is -2.14. The Morgan fingerprint density at radius 2 is 2.25 bits per heavy atom. The third-order valence-electron chi connectivity index (χ3n) is 3.34. The quantitative estimate of drug-likeness (QED) is 0.923. The summed E-state index contributed by atoms with van der Waals surface area (Å²) < 4.78 is 1.70. The normalized spacial score (nSPS) is 17.6. The molecule has 1 aliphatic heterocycles. The summed E-state index contributed by atoms with van der Waals surface area (Å²) in [5.41, 5.74) is 2.38. The molecule has 20 heavy (non-hydrogen) atoms. The van der Waals surface area contributed by atoms with Crippen molar-refractivity contribution in [3.63, 3.8) is 0 Å². The average Bonchev–Trinajstić information content (AvgIpc) is 2.84. The second-order valence-electron chi connectivity index (χ2n) is 4.71. The van der Waals surface area contributed by atoms with Crippen LogP contribution in [0.2, 0.25) is 5.02 Å². The number of hydrogen-bond donors (Lipinski definition) is 1. The number of benzene rings is 1. The van der Waals surface area contributed by atoms with Gasteiger partial charge in [-0.1, -0.05) is 23.7 Å². The van der Waals surface area contributed by atoms with E-state index in [1.165, 1.54) is 6.33 Å². The van der Waals surface area contributed by atoms with Crippen LogP contribution in [0.25, 0.3) is 0 Å². The highest BCUT2D eigenvalue weighted by molar-refractivity contribution is 6.30. The number of aromatic nitrogens is 3. The number of nitrogens with one attached hydrogen (secondary N) is 1. The van der Waals surface area contributed by atoms with Crippen molar-refractivity contribution in [3.8, 4) is 0 Å². The van der Waals surface area contributed by atoms with Crippen LogP contribution in [0.3, 0.4) is 0 Å². The Morgan fingerprint density at radius 1 is 1.45 bits per heavy atom. The van der Waals surface area contributed by atoms with Gasteiger partial charge in [-0.3, -0.25) is 4.79 Å². The number of nitrogens with zero attached hydrogens (tertiary/aromatic N) is 3. The maximum Gasteiger partial charge on any atom is 0.226 e. The SMILES string of the molecule is CC(=O)C1=C(C)Nc2ncnn2C1c1cccc(Cl)c1. The van der Waals surface area contributed by atoms with Crippen LogP contribution in [0.15, 0.2) is 41.9 Å². The van der Waals surface area contributed by atoms with Crippen LogP contribution < -0.4 is 5.32 Å². The molecule has 6 heteroatoms. The van der Waals surface area contributed by atoms with Gasteiger partial charge in [-0.2, -0.15) is 10.1 Å². The lowest BCUT2D eigenvalue weighted by atomic mass is 9.93. The number of hydrogen-bond acceptors (Lipinski definition) is 4. The van der Waals surface area contributed by atoms with Gasteiger partial charge in [0.1, 0.15) is 12.4 Å². The first-order valence-corrected chi connectivity index (χ1v) is 6.59. The second kappa shape index (κ2) is 4.76. The number of carbonyl (C=O) groups is 1. The second-order valence-corrected chi connectivity index (χ2v) is 5.14. The van der Waals surface area contributed by atoms with Crippen LogP contribution in [-0.2, 0) is 4.79 Å². The van der Waals surface area contributed by atoms with E-state index in [4.69, 9.17) is 11.6 Å². The average molecular weight is 289 g/mol. The molecule has 3 rings (SSSR count). The third kappa shape index (κ3) is 2.00. The molecule has 0 saturated carbocycles. The molecule has 0 bridgehead atoms. The van der Waals surface area contributed by atoms with E-state index in [2.05, 4.69) is 15.4 Å². The third-order valence-corrected chi connectivity index (χ3v) is 3.57. The number of carbonyl (C=O) groups excluding carboxylic acids is 1. The Balaban J connectivity index is 2.22. The van der Waals surface area contributed by atoms with E-state index in [1.54, 1.807) is 17.7 Å². The molecule has 0 amide bonds. The first-order chi connectivity index (χ1) is 9.58. The van der Waals surface area contributed by atoms with Crippen molar-refractivity contribution >= 4 is 23.3 Å². The summed E-state index contributed by atoms with van der Waals surface area (Å²) in [6, 6.07) is 7.15. The van der Waals surface area contributed by atoms with E-state index in [0.717, 1.165) is 11.3 Å². The molecule has 1 aromatic heterocycles. The first-order valence-electron chi connectivity index (χ1n) is 6.21. The van der Waals surface area contributed by atoms with Crippen LogP contribution in [0, 0.1) is 0 Å². The van der Waals surface area contributed by atoms with E-state index in [1.807, 2.05) is 25.1 Å². The minimum absolute atomic E-state index is 0.00104. The number of fused-ring (bicyclic) bond motifs is 1. The van der Waals surface area contributed by atoms with Crippen molar-refractivity contribution in [3.05, 3.63) is 52.4 Å². The van der Waals surface area contributed by atoms with Crippen LogP contribution in [0.4, 0.5) is 5.95 Å². The fourth-order valence-corrected chi connectivity index (χ4v) is 2.73. The number of Topliss-reactive ketones (excluding diaryl/α,β-unsaturated/α-hetero) is 1. The van der Waals surface area contributed by atoms with Crippen molar-refractivity contribution < 1.29 is 4.79 Å². The molecule has 2 heterocycles. The van der Waals surface area contributed by atoms with Crippen molar-refractivity contribution in [2.24, 2.45) is 0 Å². The highest BCUT2D eigenvalue weighted by Gasteiger charge is 2.31. The molecule has 0 radical (unpaired) electrons. The van der Waals surface area contributed by atoms with Crippen LogP contribution in [0.1, 0.15) is 25.5 Å². The van der Waals surface area contributed by atoms with Gasteiger partial charge in [0.25, 0.3) is 0 Å². The summed E-state index contributed by atoms with van der Waals surface area (Å²) in [5.74, 6) is 0.624. The molecule has 5 nitrogen and oxygen atoms in total. The summed E-state index contributed by atoms with van der Waals surface area (Å²) in [5, 5.41) is 7.95. The molecule has 0 fully saturated rings. The first kappa shape index (κ1) is 12.9. The van der Waals surface area contributed by atoms with Crippen LogP contribution in [0.5, 0.6) is 0 Å². The largest absolute Gasteiger partial charge is 0.328 e. The van der Waals surface area contributed by atoms with Gasteiger partial charge in [-0.25, -0.2) is 4.68 Å². The molecule has 2 aromatic rings. The molecule has 1 unspecified atom stereocenters. The van der Waals surface area contributed by atoms with Crippen molar-refractivity contribution in [1.29, 1.82) is 0 Å². The van der Waals surface area contributed by atoms with E-state index < -0.39 is 0 Å². The van der Waals surface area contributed by atoms with Crippen molar-refractivity contribution in [1.82, 2.24) is 14.8 Å². The van der Waals surface area contributed by atoms with Gasteiger partial charge in [0.15, 0.2) is 5.78 Å². The monoisotopic (exact) mass is 288 g/mol. The Morgan fingerprint density at radius 3 is 2.95 bits per heavy atom. The zero-order chi connectivity index (χ0) is 14.3. The molecule has 1 aliphatic rings. The maximum absolute atomic E-state index is 12.0. The summed E-state index contributed by atoms with van der Waals surface area (Å²) in [6.07, 6.45) is 1.47. The lowest BCUT2D eigenvalue weighted by Gasteiger charge is -2.28. The van der Waals surface area contributed by atoms with Gasteiger partial charge in [0, 0.05) is 16.3 Å². The smallest absolute Gasteiger partial charge is 0.226 e. The van der Waals surface area contributed by atoms with E-state index in [0.29, 0.717) is 16.5 Å². The Bertz CT molecular complexity index is 719. The molecular formula is C14H13ClN4O. The number of ketones is 1. The van der Waals surface area contributed by atoms with Crippen molar-refractivity contribution in [2.45, 2.75) is 19.9 Å². The van der Waals surface area contributed by atoms with Crippen LogP contribution in [-0.4, -0.2) is 20.5 Å². The van der Waals surface area contributed by atoms with Gasteiger partial charge in [-0.15, -0.1) is 0 Å². The number of rotatable bonds is 2. The van der Waals surface area contributed by atoms with E-state index >= 15 is 0 Å².